The van der Waals surface area contributed by atoms with Crippen LogP contribution in [0.3, 0.4) is 0 Å². The molecule has 19 heavy (non-hydrogen) atoms. The third kappa shape index (κ3) is 3.49. The first-order valence-corrected chi connectivity index (χ1v) is 5.77. The quantitative estimate of drug-likeness (QED) is 0.862. The van der Waals surface area contributed by atoms with Gasteiger partial charge in [-0.1, -0.05) is 6.92 Å². The highest BCUT2D eigenvalue weighted by atomic mass is 19.1. The molecular weight excluding hydrogens is 256 g/mol. The molecule has 0 spiro atoms. The van der Waals surface area contributed by atoms with Crippen molar-refractivity contribution in [1.82, 2.24) is 5.32 Å². The molecule has 0 saturated heterocycles. The highest BCUT2D eigenvalue weighted by molar-refractivity contribution is 5.94. The van der Waals surface area contributed by atoms with Crippen LogP contribution in [0.5, 0.6) is 0 Å². The van der Waals surface area contributed by atoms with E-state index in [-0.39, 0.29) is 6.54 Å². The summed E-state index contributed by atoms with van der Waals surface area (Å²) >= 11 is 0. The minimum absolute atomic E-state index is 0.159. The number of hydrogen-bond acceptors (Lipinski definition) is 2. The van der Waals surface area contributed by atoms with Crippen LogP contribution in [0.4, 0.5) is 8.78 Å². The molecule has 0 aliphatic carbocycles. The number of carbonyl (C=O) groups is 2. The summed E-state index contributed by atoms with van der Waals surface area (Å²) in [6.07, 6.45) is 0.300. The van der Waals surface area contributed by atoms with Gasteiger partial charge in [-0.25, -0.2) is 8.78 Å². The Morgan fingerprint density at radius 1 is 1.37 bits per heavy atom. The fourth-order valence-corrected chi connectivity index (χ4v) is 1.39. The van der Waals surface area contributed by atoms with E-state index in [1.807, 2.05) is 0 Å². The highest BCUT2D eigenvalue weighted by Gasteiger charge is 2.31. The fourth-order valence-electron chi connectivity index (χ4n) is 1.39. The second-order valence-electron chi connectivity index (χ2n) is 4.53. The first kappa shape index (κ1) is 15.1. The molecule has 0 fully saturated rings. The van der Waals surface area contributed by atoms with Gasteiger partial charge in [-0.05, 0) is 31.5 Å². The van der Waals surface area contributed by atoms with E-state index < -0.39 is 34.5 Å². The average molecular weight is 271 g/mol. The molecular formula is C13H15F2NO3. The molecule has 1 rings (SSSR count). The summed E-state index contributed by atoms with van der Waals surface area (Å²) in [5.74, 6) is -3.48. The summed E-state index contributed by atoms with van der Waals surface area (Å²) < 4.78 is 26.3. The number of halogens is 2. The molecule has 1 aromatic rings. The van der Waals surface area contributed by atoms with Crippen molar-refractivity contribution in [3.63, 3.8) is 0 Å². The molecule has 0 aliphatic rings. The predicted octanol–water partition coefficient (Wildman–Crippen LogP) is 2.20. The van der Waals surface area contributed by atoms with E-state index in [2.05, 4.69) is 5.32 Å². The zero-order chi connectivity index (χ0) is 14.6. The van der Waals surface area contributed by atoms with Gasteiger partial charge >= 0.3 is 5.97 Å². The van der Waals surface area contributed by atoms with Gasteiger partial charge < -0.3 is 10.4 Å². The largest absolute Gasteiger partial charge is 0.481 e. The van der Waals surface area contributed by atoms with Crippen LogP contribution in [0, 0.1) is 17.0 Å². The maximum Gasteiger partial charge on any atom is 0.311 e. The van der Waals surface area contributed by atoms with Gasteiger partial charge in [-0.3, -0.25) is 9.59 Å². The Morgan fingerprint density at radius 2 is 2.00 bits per heavy atom. The van der Waals surface area contributed by atoms with Crippen molar-refractivity contribution in [1.29, 1.82) is 0 Å². The Balaban J connectivity index is 2.81. The summed E-state index contributed by atoms with van der Waals surface area (Å²) in [5, 5.41) is 11.3. The minimum Gasteiger partial charge on any atom is -0.481 e. The summed E-state index contributed by atoms with van der Waals surface area (Å²) in [5.41, 5.74) is -1.58. The van der Waals surface area contributed by atoms with Gasteiger partial charge in [0.15, 0.2) is 0 Å². The van der Waals surface area contributed by atoms with Gasteiger partial charge in [-0.15, -0.1) is 0 Å². The molecule has 104 valence electrons. The van der Waals surface area contributed by atoms with Crippen LogP contribution in [0.15, 0.2) is 18.2 Å². The molecule has 1 atom stereocenters. The van der Waals surface area contributed by atoms with Crippen LogP contribution < -0.4 is 5.32 Å². The Morgan fingerprint density at radius 3 is 2.53 bits per heavy atom. The number of benzene rings is 1. The number of carboxylic acids is 1. The monoisotopic (exact) mass is 271 g/mol. The predicted molar refractivity (Wildman–Crippen MR) is 64.7 cm³/mol. The van der Waals surface area contributed by atoms with E-state index in [9.17, 15) is 18.4 Å². The fraction of sp³-hybridized carbons (Fsp3) is 0.385. The number of aliphatic carboxylic acids is 1. The zero-order valence-electron chi connectivity index (χ0n) is 10.7. The van der Waals surface area contributed by atoms with Gasteiger partial charge in [0.05, 0.1) is 11.0 Å². The van der Waals surface area contributed by atoms with Crippen molar-refractivity contribution >= 4 is 11.9 Å². The molecule has 2 N–H and O–H groups in total. The van der Waals surface area contributed by atoms with Crippen LogP contribution >= 0.6 is 0 Å². The normalized spacial score (nSPS) is 13.7. The lowest BCUT2D eigenvalue weighted by Crippen LogP contribution is -2.40. The van der Waals surface area contributed by atoms with E-state index >= 15 is 0 Å². The number of hydrogen-bond donors (Lipinski definition) is 2. The van der Waals surface area contributed by atoms with Gasteiger partial charge in [0.2, 0.25) is 0 Å². The van der Waals surface area contributed by atoms with Crippen LogP contribution in [0.1, 0.15) is 30.6 Å². The number of carbonyl (C=O) groups excluding carboxylic acids is 1. The molecule has 0 radical (unpaired) electrons. The molecule has 0 bridgehead atoms. The smallest absolute Gasteiger partial charge is 0.311 e. The van der Waals surface area contributed by atoms with Crippen LogP contribution in [0.25, 0.3) is 0 Å². The highest BCUT2D eigenvalue weighted by Crippen LogP contribution is 2.20. The van der Waals surface area contributed by atoms with Crippen molar-refractivity contribution in [3.8, 4) is 0 Å². The van der Waals surface area contributed by atoms with E-state index in [1.54, 1.807) is 6.92 Å². The minimum atomic E-state index is -1.14. The first-order chi connectivity index (χ1) is 8.80. The van der Waals surface area contributed by atoms with Crippen molar-refractivity contribution in [3.05, 3.63) is 35.4 Å². The van der Waals surface area contributed by atoms with Crippen molar-refractivity contribution in [2.24, 2.45) is 5.41 Å². The first-order valence-electron chi connectivity index (χ1n) is 5.77. The maximum atomic E-state index is 13.3. The molecule has 0 aliphatic heterocycles. The Labute approximate surface area is 109 Å². The molecule has 0 heterocycles. The molecule has 0 saturated carbocycles. The molecule has 0 aromatic heterocycles. The lowest BCUT2D eigenvalue weighted by Gasteiger charge is -2.23. The molecule has 1 amide bonds. The topological polar surface area (TPSA) is 66.4 Å². The number of nitrogens with one attached hydrogen (secondary N) is 1. The summed E-state index contributed by atoms with van der Waals surface area (Å²) in [6, 6.07) is 2.52. The third-order valence-corrected chi connectivity index (χ3v) is 3.11. The van der Waals surface area contributed by atoms with E-state index in [1.165, 1.54) is 6.92 Å². The molecule has 1 unspecified atom stereocenters. The van der Waals surface area contributed by atoms with Crippen molar-refractivity contribution in [2.75, 3.05) is 6.54 Å². The van der Waals surface area contributed by atoms with Crippen LogP contribution in [-0.2, 0) is 4.79 Å². The molecule has 4 nitrogen and oxygen atoms in total. The summed E-state index contributed by atoms with van der Waals surface area (Å²) in [4.78, 5) is 22.7. The SMILES string of the molecule is CCC(C)(CNC(=O)c1cc(F)ccc1F)C(=O)O. The average Bonchev–Trinajstić information content (AvgIpc) is 2.38. The van der Waals surface area contributed by atoms with E-state index in [0.717, 1.165) is 18.2 Å². The van der Waals surface area contributed by atoms with Crippen molar-refractivity contribution < 1.29 is 23.5 Å². The molecule has 1 aromatic carbocycles. The standard InChI is InChI=1S/C13H15F2NO3/c1-3-13(2,12(18)19)7-16-11(17)9-6-8(14)4-5-10(9)15/h4-6H,3,7H2,1-2H3,(H,16,17)(H,18,19). The van der Waals surface area contributed by atoms with Crippen LogP contribution in [0.2, 0.25) is 0 Å². The number of amides is 1. The van der Waals surface area contributed by atoms with Gasteiger partial charge in [0, 0.05) is 6.54 Å². The van der Waals surface area contributed by atoms with Gasteiger partial charge in [0.1, 0.15) is 11.6 Å². The Hall–Kier alpha value is -1.98. The van der Waals surface area contributed by atoms with Gasteiger partial charge in [0.25, 0.3) is 5.91 Å². The Kier molecular flexibility index (Phi) is 4.58. The second-order valence-corrected chi connectivity index (χ2v) is 4.53. The number of carboxylic acid groups (broad SMARTS) is 1. The summed E-state index contributed by atoms with van der Waals surface area (Å²) in [6.45, 7) is 2.98. The second kappa shape index (κ2) is 5.77. The lowest BCUT2D eigenvalue weighted by atomic mass is 9.87. The van der Waals surface area contributed by atoms with E-state index in [4.69, 9.17) is 5.11 Å². The molecule has 6 heteroatoms. The third-order valence-electron chi connectivity index (χ3n) is 3.11. The lowest BCUT2D eigenvalue weighted by molar-refractivity contribution is -0.147. The number of rotatable bonds is 5. The van der Waals surface area contributed by atoms with E-state index in [0.29, 0.717) is 6.42 Å². The van der Waals surface area contributed by atoms with Crippen LogP contribution in [-0.4, -0.2) is 23.5 Å². The van der Waals surface area contributed by atoms with Crippen molar-refractivity contribution in [2.45, 2.75) is 20.3 Å². The summed E-state index contributed by atoms with van der Waals surface area (Å²) in [7, 11) is 0. The zero-order valence-corrected chi connectivity index (χ0v) is 10.7. The Bertz CT molecular complexity index is 505. The van der Waals surface area contributed by atoms with Gasteiger partial charge in [-0.2, -0.15) is 0 Å². The maximum absolute atomic E-state index is 13.3.